The molecule has 0 bridgehead atoms. The predicted molar refractivity (Wildman–Crippen MR) is 102 cm³/mol. The molecule has 4 heteroatoms. The van der Waals surface area contributed by atoms with E-state index in [-0.39, 0.29) is 0 Å². The zero-order chi connectivity index (χ0) is 17.3. The minimum Gasteiger partial charge on any atom is -0.377 e. The van der Waals surface area contributed by atoms with Gasteiger partial charge in [-0.3, -0.25) is 0 Å². The maximum Gasteiger partial charge on any atom is 0.0809 e. The molecule has 2 saturated heterocycles. The summed E-state index contributed by atoms with van der Waals surface area (Å²) >= 11 is 0. The van der Waals surface area contributed by atoms with Crippen LogP contribution in [0.1, 0.15) is 31.2 Å². The first-order chi connectivity index (χ1) is 12.3. The van der Waals surface area contributed by atoms with Gasteiger partial charge in [-0.1, -0.05) is 30.3 Å². The Morgan fingerprint density at radius 2 is 1.96 bits per heavy atom. The molecular weight excluding hydrogens is 312 g/mol. The molecule has 0 aliphatic carbocycles. The molecule has 3 rings (SSSR count). The average Bonchev–Trinajstić information content (AvgIpc) is 3.14. The molecule has 2 aliphatic heterocycles. The summed E-state index contributed by atoms with van der Waals surface area (Å²) in [5.74, 6) is 0.831. The van der Waals surface area contributed by atoms with Gasteiger partial charge in [0.15, 0.2) is 0 Å². The van der Waals surface area contributed by atoms with E-state index in [1.807, 2.05) is 0 Å². The van der Waals surface area contributed by atoms with Gasteiger partial charge in [0.05, 0.1) is 19.3 Å². The summed E-state index contributed by atoms with van der Waals surface area (Å²) in [7, 11) is 2.25. The van der Waals surface area contributed by atoms with E-state index in [0.29, 0.717) is 6.10 Å². The lowest BCUT2D eigenvalue weighted by Crippen LogP contribution is -2.39. The maximum absolute atomic E-state index is 5.80. The van der Waals surface area contributed by atoms with E-state index >= 15 is 0 Å². The van der Waals surface area contributed by atoms with Gasteiger partial charge in [0.1, 0.15) is 0 Å². The van der Waals surface area contributed by atoms with Gasteiger partial charge >= 0.3 is 0 Å². The lowest BCUT2D eigenvalue weighted by atomic mass is 9.96. The molecule has 0 saturated carbocycles. The molecule has 0 N–H and O–H groups in total. The highest BCUT2D eigenvalue weighted by Gasteiger charge is 2.20. The van der Waals surface area contributed by atoms with Gasteiger partial charge < -0.3 is 19.3 Å². The number of hydrogen-bond donors (Lipinski definition) is 0. The maximum atomic E-state index is 5.80. The number of rotatable bonds is 9. The van der Waals surface area contributed by atoms with E-state index in [4.69, 9.17) is 9.47 Å². The van der Waals surface area contributed by atoms with Crippen molar-refractivity contribution in [3.63, 3.8) is 0 Å². The van der Waals surface area contributed by atoms with Crippen LogP contribution in [0.3, 0.4) is 0 Å². The molecule has 2 heterocycles. The number of benzene rings is 1. The Morgan fingerprint density at radius 1 is 1.16 bits per heavy atom. The predicted octanol–water partition coefficient (Wildman–Crippen LogP) is 3.03. The standard InChI is InChI=1S/C21H34N2O2/c1-22(16-19-6-3-2-4-7-19)17-20-9-11-23(12-10-20)13-15-24-18-21-8-5-14-25-21/h2-4,6-7,20-21H,5,8-18H2,1H3. The molecule has 0 radical (unpaired) electrons. The van der Waals surface area contributed by atoms with Crippen LogP contribution in [0, 0.1) is 5.92 Å². The molecule has 1 aromatic rings. The van der Waals surface area contributed by atoms with Gasteiger partial charge in [-0.05, 0) is 57.3 Å². The third kappa shape index (κ3) is 6.70. The fraction of sp³-hybridized carbons (Fsp3) is 0.714. The summed E-state index contributed by atoms with van der Waals surface area (Å²) in [4.78, 5) is 5.03. The molecular formula is C21H34N2O2. The SMILES string of the molecule is CN(Cc1ccccc1)CC1CCN(CCOCC2CCCO2)CC1. The Kier molecular flexibility index (Phi) is 7.74. The zero-order valence-electron chi connectivity index (χ0n) is 15.7. The van der Waals surface area contributed by atoms with Gasteiger partial charge in [-0.15, -0.1) is 0 Å². The van der Waals surface area contributed by atoms with E-state index in [0.717, 1.165) is 38.8 Å². The van der Waals surface area contributed by atoms with Crippen molar-refractivity contribution in [1.29, 1.82) is 0 Å². The van der Waals surface area contributed by atoms with Crippen LogP contribution in [0.2, 0.25) is 0 Å². The molecule has 4 nitrogen and oxygen atoms in total. The molecule has 1 unspecified atom stereocenters. The van der Waals surface area contributed by atoms with Crippen molar-refractivity contribution in [3.8, 4) is 0 Å². The van der Waals surface area contributed by atoms with E-state index in [2.05, 4.69) is 47.2 Å². The summed E-state index contributed by atoms with van der Waals surface area (Å²) in [6.45, 7) is 8.30. The average molecular weight is 347 g/mol. The second-order valence-electron chi connectivity index (χ2n) is 7.68. The molecule has 1 atom stereocenters. The summed E-state index contributed by atoms with van der Waals surface area (Å²) in [5.41, 5.74) is 1.41. The van der Waals surface area contributed by atoms with Crippen LogP contribution < -0.4 is 0 Å². The number of ether oxygens (including phenoxy) is 2. The summed E-state index contributed by atoms with van der Waals surface area (Å²) in [6, 6.07) is 10.8. The number of likely N-dealkylation sites (tertiary alicyclic amines) is 1. The highest BCUT2D eigenvalue weighted by molar-refractivity contribution is 5.14. The van der Waals surface area contributed by atoms with Crippen LogP contribution in [0.25, 0.3) is 0 Å². The van der Waals surface area contributed by atoms with Crippen molar-refractivity contribution in [1.82, 2.24) is 9.80 Å². The van der Waals surface area contributed by atoms with Crippen LogP contribution in [-0.4, -0.2) is 69.0 Å². The first-order valence-electron chi connectivity index (χ1n) is 9.94. The van der Waals surface area contributed by atoms with E-state index in [1.54, 1.807) is 0 Å². The highest BCUT2D eigenvalue weighted by atomic mass is 16.5. The van der Waals surface area contributed by atoms with E-state index in [1.165, 1.54) is 50.9 Å². The fourth-order valence-corrected chi connectivity index (χ4v) is 3.98. The molecule has 0 spiro atoms. The molecule has 2 aliphatic rings. The largest absolute Gasteiger partial charge is 0.377 e. The van der Waals surface area contributed by atoms with E-state index in [9.17, 15) is 0 Å². The van der Waals surface area contributed by atoms with Crippen LogP contribution in [0.4, 0.5) is 0 Å². The van der Waals surface area contributed by atoms with Crippen molar-refractivity contribution >= 4 is 0 Å². The summed E-state index contributed by atoms with van der Waals surface area (Å²) in [6.07, 6.45) is 5.34. The zero-order valence-corrected chi connectivity index (χ0v) is 15.7. The van der Waals surface area contributed by atoms with Gasteiger partial charge in [-0.2, -0.15) is 0 Å². The normalized spacial score (nSPS) is 22.7. The Balaban J connectivity index is 1.25. The van der Waals surface area contributed by atoms with Crippen LogP contribution in [0.15, 0.2) is 30.3 Å². The third-order valence-electron chi connectivity index (χ3n) is 5.45. The second-order valence-corrected chi connectivity index (χ2v) is 7.68. The van der Waals surface area contributed by atoms with Crippen molar-refractivity contribution in [2.24, 2.45) is 5.92 Å². The topological polar surface area (TPSA) is 24.9 Å². The van der Waals surface area contributed by atoms with Gasteiger partial charge in [0, 0.05) is 26.2 Å². The monoisotopic (exact) mass is 346 g/mol. The Bertz CT molecular complexity index is 468. The van der Waals surface area contributed by atoms with Crippen molar-refractivity contribution < 1.29 is 9.47 Å². The lowest BCUT2D eigenvalue weighted by Gasteiger charge is -2.33. The second kappa shape index (κ2) is 10.3. The van der Waals surface area contributed by atoms with Gasteiger partial charge in [0.25, 0.3) is 0 Å². The highest BCUT2D eigenvalue weighted by Crippen LogP contribution is 2.19. The Morgan fingerprint density at radius 3 is 2.68 bits per heavy atom. The first kappa shape index (κ1) is 18.8. The molecule has 140 valence electrons. The fourth-order valence-electron chi connectivity index (χ4n) is 3.98. The Hall–Kier alpha value is -0.940. The number of nitrogens with zero attached hydrogens (tertiary/aromatic N) is 2. The number of hydrogen-bond acceptors (Lipinski definition) is 4. The quantitative estimate of drug-likeness (QED) is 0.642. The van der Waals surface area contributed by atoms with E-state index < -0.39 is 0 Å². The van der Waals surface area contributed by atoms with Gasteiger partial charge in [0.2, 0.25) is 0 Å². The molecule has 0 aromatic heterocycles. The first-order valence-corrected chi connectivity index (χ1v) is 9.94. The molecule has 25 heavy (non-hydrogen) atoms. The minimum absolute atomic E-state index is 0.353. The van der Waals surface area contributed by atoms with Crippen molar-refractivity contribution in [2.45, 2.75) is 38.3 Å². The number of piperidine rings is 1. The third-order valence-corrected chi connectivity index (χ3v) is 5.45. The summed E-state index contributed by atoms with van der Waals surface area (Å²) in [5, 5.41) is 0. The Labute approximate surface area is 153 Å². The smallest absolute Gasteiger partial charge is 0.0809 e. The minimum atomic E-state index is 0.353. The van der Waals surface area contributed by atoms with Crippen molar-refractivity contribution in [2.75, 3.05) is 53.0 Å². The van der Waals surface area contributed by atoms with Gasteiger partial charge in [-0.25, -0.2) is 0 Å². The molecule has 0 amide bonds. The summed E-state index contributed by atoms with van der Waals surface area (Å²) < 4.78 is 11.4. The molecule has 1 aromatic carbocycles. The lowest BCUT2D eigenvalue weighted by molar-refractivity contribution is 0.00750. The molecule has 2 fully saturated rings. The van der Waals surface area contributed by atoms with Crippen molar-refractivity contribution in [3.05, 3.63) is 35.9 Å². The van der Waals surface area contributed by atoms with Crippen LogP contribution in [-0.2, 0) is 16.0 Å². The van der Waals surface area contributed by atoms with Crippen LogP contribution >= 0.6 is 0 Å². The van der Waals surface area contributed by atoms with Crippen LogP contribution in [0.5, 0.6) is 0 Å².